The number of likely N-dealkylation sites (tertiary alicyclic amines) is 1. The molecule has 2 rings (SSSR count). The Bertz CT molecular complexity index is 486. The Hall–Kier alpha value is -1.59. The predicted octanol–water partition coefficient (Wildman–Crippen LogP) is 1.83. The van der Waals surface area contributed by atoms with Crippen LogP contribution < -0.4 is 10.5 Å². The second-order valence-electron chi connectivity index (χ2n) is 6.04. The zero-order valence-electron chi connectivity index (χ0n) is 14.3. The maximum Gasteiger partial charge on any atom is 0.253 e. The van der Waals surface area contributed by atoms with E-state index in [-0.39, 0.29) is 5.91 Å². The Morgan fingerprint density at radius 3 is 2.57 bits per heavy atom. The molecule has 1 aliphatic rings. The number of carbonyl (C=O) groups is 1. The van der Waals surface area contributed by atoms with Crippen LogP contribution in [0.5, 0.6) is 5.75 Å². The topological polar surface area (TPSA) is 58.8 Å². The fourth-order valence-electron chi connectivity index (χ4n) is 2.92. The number of carbonyl (C=O) groups excluding carboxylic acids is 1. The smallest absolute Gasteiger partial charge is 0.253 e. The summed E-state index contributed by atoms with van der Waals surface area (Å²) in [4.78, 5) is 16.7. The van der Waals surface area contributed by atoms with Gasteiger partial charge in [0, 0.05) is 25.2 Å². The van der Waals surface area contributed by atoms with Gasteiger partial charge in [0.05, 0.1) is 0 Å². The lowest BCUT2D eigenvalue weighted by Crippen LogP contribution is -2.29. The van der Waals surface area contributed by atoms with Crippen molar-refractivity contribution in [3.8, 4) is 5.75 Å². The van der Waals surface area contributed by atoms with E-state index < -0.39 is 0 Å². The van der Waals surface area contributed by atoms with Gasteiger partial charge < -0.3 is 20.3 Å². The van der Waals surface area contributed by atoms with E-state index in [4.69, 9.17) is 10.5 Å². The van der Waals surface area contributed by atoms with Crippen LogP contribution in [0.2, 0.25) is 0 Å². The van der Waals surface area contributed by atoms with Gasteiger partial charge in [-0.05, 0) is 56.2 Å². The summed E-state index contributed by atoms with van der Waals surface area (Å²) >= 11 is 0. The summed E-state index contributed by atoms with van der Waals surface area (Å²) in [6.07, 6.45) is 1.01. The summed E-state index contributed by atoms with van der Waals surface area (Å²) in [5.41, 5.74) is 6.41. The van der Waals surface area contributed by atoms with Gasteiger partial charge in [-0.3, -0.25) is 4.79 Å². The molecular weight excluding hydrogens is 290 g/mol. The van der Waals surface area contributed by atoms with Crippen LogP contribution in [0.1, 0.15) is 30.6 Å². The third-order valence-corrected chi connectivity index (χ3v) is 4.58. The quantitative estimate of drug-likeness (QED) is 0.794. The largest absolute Gasteiger partial charge is 0.492 e. The van der Waals surface area contributed by atoms with Crippen molar-refractivity contribution in [2.75, 3.05) is 45.9 Å². The molecule has 0 spiro atoms. The van der Waals surface area contributed by atoms with Crippen LogP contribution >= 0.6 is 0 Å². The minimum Gasteiger partial charge on any atom is -0.492 e. The molecule has 0 bridgehead atoms. The van der Waals surface area contributed by atoms with Gasteiger partial charge in [0.1, 0.15) is 12.4 Å². The average molecular weight is 319 g/mol. The molecule has 1 atom stereocenters. The number of rotatable bonds is 8. The molecule has 5 heteroatoms. The first-order valence-corrected chi connectivity index (χ1v) is 8.62. The van der Waals surface area contributed by atoms with Crippen LogP contribution in [-0.4, -0.2) is 61.6 Å². The molecule has 1 fully saturated rings. The Morgan fingerprint density at radius 2 is 2.00 bits per heavy atom. The zero-order valence-corrected chi connectivity index (χ0v) is 14.3. The number of hydrogen-bond acceptors (Lipinski definition) is 4. The van der Waals surface area contributed by atoms with Gasteiger partial charge in [-0.2, -0.15) is 0 Å². The van der Waals surface area contributed by atoms with Gasteiger partial charge in [0.2, 0.25) is 0 Å². The maximum atomic E-state index is 12.4. The van der Waals surface area contributed by atoms with Gasteiger partial charge in [-0.25, -0.2) is 0 Å². The van der Waals surface area contributed by atoms with E-state index in [1.807, 2.05) is 29.2 Å². The molecule has 2 N–H and O–H groups in total. The van der Waals surface area contributed by atoms with Gasteiger partial charge in [0.25, 0.3) is 5.91 Å². The van der Waals surface area contributed by atoms with E-state index in [0.29, 0.717) is 19.1 Å². The molecule has 1 aliphatic heterocycles. The normalized spacial score (nSPS) is 17.7. The average Bonchev–Trinajstić information content (AvgIpc) is 3.08. The fraction of sp³-hybridized carbons (Fsp3) is 0.611. The molecule has 1 unspecified atom stereocenters. The molecule has 0 aromatic heterocycles. The highest BCUT2D eigenvalue weighted by molar-refractivity contribution is 5.94. The van der Waals surface area contributed by atoms with Crippen LogP contribution in [-0.2, 0) is 0 Å². The fourth-order valence-corrected chi connectivity index (χ4v) is 2.92. The summed E-state index contributed by atoms with van der Waals surface area (Å²) < 4.78 is 5.75. The first-order chi connectivity index (χ1) is 11.2. The second kappa shape index (κ2) is 8.89. The van der Waals surface area contributed by atoms with Gasteiger partial charge in [-0.15, -0.1) is 0 Å². The number of hydrogen-bond donors (Lipinski definition) is 1. The van der Waals surface area contributed by atoms with Crippen molar-refractivity contribution in [2.24, 2.45) is 11.7 Å². The van der Waals surface area contributed by atoms with Crippen LogP contribution in [0.25, 0.3) is 0 Å². The molecule has 0 radical (unpaired) electrons. The van der Waals surface area contributed by atoms with E-state index in [2.05, 4.69) is 18.7 Å². The first-order valence-electron chi connectivity index (χ1n) is 8.62. The lowest BCUT2D eigenvalue weighted by atomic mass is 10.1. The van der Waals surface area contributed by atoms with E-state index >= 15 is 0 Å². The highest BCUT2D eigenvalue weighted by atomic mass is 16.5. The monoisotopic (exact) mass is 319 g/mol. The SMILES string of the molecule is CCN(CC)CCOc1ccc(C(=O)N2CCC(CN)C2)cc1. The molecule has 1 heterocycles. The van der Waals surface area contributed by atoms with Crippen LogP contribution in [0.15, 0.2) is 24.3 Å². The molecule has 1 aromatic carbocycles. The number of amides is 1. The van der Waals surface area contributed by atoms with Crippen molar-refractivity contribution >= 4 is 5.91 Å². The Morgan fingerprint density at radius 1 is 1.30 bits per heavy atom. The Labute approximate surface area is 139 Å². The predicted molar refractivity (Wildman–Crippen MR) is 92.8 cm³/mol. The lowest BCUT2D eigenvalue weighted by molar-refractivity contribution is 0.0787. The molecule has 0 saturated carbocycles. The Balaban J connectivity index is 1.83. The molecule has 5 nitrogen and oxygen atoms in total. The molecule has 128 valence electrons. The molecule has 23 heavy (non-hydrogen) atoms. The lowest BCUT2D eigenvalue weighted by Gasteiger charge is -2.18. The van der Waals surface area contributed by atoms with E-state index in [1.165, 1.54) is 0 Å². The highest BCUT2D eigenvalue weighted by Crippen LogP contribution is 2.19. The summed E-state index contributed by atoms with van der Waals surface area (Å²) in [5, 5.41) is 0. The van der Waals surface area contributed by atoms with Gasteiger partial charge >= 0.3 is 0 Å². The van der Waals surface area contributed by atoms with Gasteiger partial charge in [-0.1, -0.05) is 13.8 Å². The third-order valence-electron chi connectivity index (χ3n) is 4.58. The van der Waals surface area contributed by atoms with Crippen molar-refractivity contribution in [1.82, 2.24) is 9.80 Å². The molecule has 0 aliphatic carbocycles. The number of likely N-dealkylation sites (N-methyl/N-ethyl adjacent to an activating group) is 1. The van der Waals surface area contributed by atoms with Crippen molar-refractivity contribution in [3.63, 3.8) is 0 Å². The number of benzene rings is 1. The van der Waals surface area contributed by atoms with Crippen LogP contribution in [0, 0.1) is 5.92 Å². The zero-order chi connectivity index (χ0) is 16.7. The van der Waals surface area contributed by atoms with Gasteiger partial charge in [0.15, 0.2) is 0 Å². The molecule has 1 aromatic rings. The Kier molecular flexibility index (Phi) is 6.86. The molecular formula is C18H29N3O2. The first kappa shape index (κ1) is 17.8. The van der Waals surface area contributed by atoms with E-state index in [9.17, 15) is 4.79 Å². The third kappa shape index (κ3) is 4.94. The number of ether oxygens (including phenoxy) is 1. The van der Waals surface area contributed by atoms with Crippen molar-refractivity contribution in [1.29, 1.82) is 0 Å². The number of nitrogens with two attached hydrogens (primary N) is 1. The second-order valence-corrected chi connectivity index (χ2v) is 6.04. The van der Waals surface area contributed by atoms with Crippen molar-refractivity contribution in [3.05, 3.63) is 29.8 Å². The standard InChI is InChI=1S/C18H29N3O2/c1-3-20(4-2)11-12-23-17-7-5-16(6-8-17)18(22)21-10-9-15(13-19)14-21/h5-8,15H,3-4,9-14,19H2,1-2H3. The minimum atomic E-state index is 0.0932. The molecule has 1 amide bonds. The maximum absolute atomic E-state index is 12.4. The van der Waals surface area contributed by atoms with Crippen molar-refractivity contribution < 1.29 is 9.53 Å². The molecule has 1 saturated heterocycles. The summed E-state index contributed by atoms with van der Waals surface area (Å²) in [6.45, 7) is 10.2. The minimum absolute atomic E-state index is 0.0932. The highest BCUT2D eigenvalue weighted by Gasteiger charge is 2.25. The van der Waals surface area contributed by atoms with Crippen LogP contribution in [0.3, 0.4) is 0 Å². The summed E-state index contributed by atoms with van der Waals surface area (Å²) in [6, 6.07) is 7.47. The van der Waals surface area contributed by atoms with Crippen LogP contribution in [0.4, 0.5) is 0 Å². The van der Waals surface area contributed by atoms with E-state index in [0.717, 1.165) is 50.5 Å². The number of nitrogens with zero attached hydrogens (tertiary/aromatic N) is 2. The summed E-state index contributed by atoms with van der Waals surface area (Å²) in [7, 11) is 0. The summed E-state index contributed by atoms with van der Waals surface area (Å²) in [5.74, 6) is 1.35. The van der Waals surface area contributed by atoms with Crippen molar-refractivity contribution in [2.45, 2.75) is 20.3 Å². The van der Waals surface area contributed by atoms with E-state index in [1.54, 1.807) is 0 Å².